The Labute approximate surface area is 101 Å². The monoisotopic (exact) mass is 258 g/mol. The van der Waals surface area contributed by atoms with Gasteiger partial charge < -0.3 is 9.67 Å². The Kier molecular flexibility index (Phi) is 2.73. The second-order valence-electron chi connectivity index (χ2n) is 5.01. The Morgan fingerprint density at radius 1 is 1.25 bits per heavy atom. The maximum atomic E-state index is 12.8. The van der Waals surface area contributed by atoms with Gasteiger partial charge in [0, 0.05) is 17.6 Å². The SMILES string of the molecule is CC1(O)CP(=O)(c2ccccc2)CC1(C)Cl. The van der Waals surface area contributed by atoms with Crippen molar-refractivity contribution in [3.63, 3.8) is 0 Å². The number of rotatable bonds is 1. The summed E-state index contributed by atoms with van der Waals surface area (Å²) < 4.78 is 12.8. The van der Waals surface area contributed by atoms with Crippen LogP contribution in [0.1, 0.15) is 13.8 Å². The first-order valence-electron chi connectivity index (χ1n) is 5.32. The van der Waals surface area contributed by atoms with Gasteiger partial charge in [-0.25, -0.2) is 0 Å². The van der Waals surface area contributed by atoms with E-state index in [2.05, 4.69) is 0 Å². The van der Waals surface area contributed by atoms with E-state index in [9.17, 15) is 9.67 Å². The van der Waals surface area contributed by atoms with Crippen LogP contribution in [0, 0.1) is 0 Å². The maximum Gasteiger partial charge on any atom is 0.120 e. The minimum Gasteiger partial charge on any atom is -0.388 e. The smallest absolute Gasteiger partial charge is 0.120 e. The largest absolute Gasteiger partial charge is 0.388 e. The summed E-state index contributed by atoms with van der Waals surface area (Å²) in [7, 11) is -2.55. The first kappa shape index (κ1) is 12.2. The second-order valence-corrected chi connectivity index (χ2v) is 8.77. The Morgan fingerprint density at radius 3 is 2.25 bits per heavy atom. The average molecular weight is 259 g/mol. The number of hydrogen-bond donors (Lipinski definition) is 1. The lowest BCUT2D eigenvalue weighted by Crippen LogP contribution is -2.44. The Bertz CT molecular complexity index is 420. The number of aliphatic hydroxyl groups is 1. The van der Waals surface area contributed by atoms with Crippen LogP contribution >= 0.6 is 18.7 Å². The molecule has 1 N–H and O–H groups in total. The van der Waals surface area contributed by atoms with Crippen molar-refractivity contribution in [1.29, 1.82) is 0 Å². The van der Waals surface area contributed by atoms with Crippen LogP contribution in [0.3, 0.4) is 0 Å². The standard InChI is InChI=1S/C12H16ClO2P/c1-11(13)8-16(15,9-12(11,2)14)10-6-4-3-5-7-10/h3-7,14H,8-9H2,1-2H3. The van der Waals surface area contributed by atoms with Crippen LogP contribution < -0.4 is 5.30 Å². The molecule has 16 heavy (non-hydrogen) atoms. The van der Waals surface area contributed by atoms with Crippen molar-refractivity contribution in [2.45, 2.75) is 24.3 Å². The number of hydrogen-bond acceptors (Lipinski definition) is 2. The molecule has 3 unspecified atom stereocenters. The molecule has 1 aromatic rings. The van der Waals surface area contributed by atoms with Crippen LogP contribution in [0.2, 0.25) is 0 Å². The molecule has 3 atom stereocenters. The Balaban J connectivity index is 2.42. The van der Waals surface area contributed by atoms with E-state index in [1.54, 1.807) is 13.8 Å². The Morgan fingerprint density at radius 2 is 1.81 bits per heavy atom. The van der Waals surface area contributed by atoms with Gasteiger partial charge in [0.05, 0.1) is 10.5 Å². The first-order valence-corrected chi connectivity index (χ1v) is 7.77. The predicted octanol–water partition coefficient (Wildman–Crippen LogP) is 2.44. The molecule has 1 fully saturated rings. The summed E-state index contributed by atoms with van der Waals surface area (Å²) in [5.41, 5.74) is -1.07. The third-order valence-electron chi connectivity index (χ3n) is 3.47. The Hall–Kier alpha value is -0.300. The van der Waals surface area contributed by atoms with Gasteiger partial charge >= 0.3 is 0 Å². The van der Waals surface area contributed by atoms with E-state index in [-0.39, 0.29) is 6.16 Å². The minimum absolute atomic E-state index is 0.268. The van der Waals surface area contributed by atoms with Gasteiger partial charge in [-0.1, -0.05) is 30.3 Å². The van der Waals surface area contributed by atoms with Gasteiger partial charge in [-0.05, 0) is 13.8 Å². The highest BCUT2D eigenvalue weighted by atomic mass is 35.5. The van der Waals surface area contributed by atoms with E-state index in [4.69, 9.17) is 11.6 Å². The summed E-state index contributed by atoms with van der Waals surface area (Å²) in [6.07, 6.45) is 0.628. The summed E-state index contributed by atoms with van der Waals surface area (Å²) in [4.78, 5) is -0.807. The number of halogens is 1. The van der Waals surface area contributed by atoms with Crippen LogP contribution in [0.4, 0.5) is 0 Å². The molecule has 1 aliphatic heterocycles. The highest BCUT2D eigenvalue weighted by Gasteiger charge is 2.56. The van der Waals surface area contributed by atoms with E-state index >= 15 is 0 Å². The lowest BCUT2D eigenvalue weighted by molar-refractivity contribution is 0.0594. The van der Waals surface area contributed by atoms with Gasteiger partial charge in [0.25, 0.3) is 0 Å². The second kappa shape index (κ2) is 3.60. The van der Waals surface area contributed by atoms with Crippen LogP contribution in [-0.2, 0) is 4.57 Å². The fraction of sp³-hybridized carbons (Fsp3) is 0.500. The topological polar surface area (TPSA) is 37.3 Å². The first-order chi connectivity index (χ1) is 7.27. The molecule has 1 aliphatic rings. The molecule has 0 aliphatic carbocycles. The minimum atomic E-state index is -2.55. The number of alkyl halides is 1. The fourth-order valence-corrected chi connectivity index (χ4v) is 6.83. The van der Waals surface area contributed by atoms with Gasteiger partial charge in [-0.3, -0.25) is 0 Å². The normalized spacial score (nSPS) is 43.5. The average Bonchev–Trinajstić information content (AvgIpc) is 2.33. The van der Waals surface area contributed by atoms with Crippen molar-refractivity contribution < 1.29 is 9.67 Å². The number of benzene rings is 1. The van der Waals surface area contributed by atoms with Crippen LogP contribution in [0.15, 0.2) is 30.3 Å². The van der Waals surface area contributed by atoms with E-state index in [0.717, 1.165) is 5.30 Å². The molecule has 88 valence electrons. The van der Waals surface area contributed by atoms with Crippen molar-refractivity contribution in [3.8, 4) is 0 Å². The van der Waals surface area contributed by atoms with Gasteiger partial charge in [0.15, 0.2) is 0 Å². The van der Waals surface area contributed by atoms with E-state index < -0.39 is 17.6 Å². The molecular weight excluding hydrogens is 243 g/mol. The molecule has 0 radical (unpaired) electrons. The molecule has 1 saturated heterocycles. The molecular formula is C12H16ClO2P. The third-order valence-corrected chi connectivity index (χ3v) is 7.70. The predicted molar refractivity (Wildman–Crippen MR) is 68.3 cm³/mol. The quantitative estimate of drug-likeness (QED) is 0.621. The molecule has 2 nitrogen and oxygen atoms in total. The molecule has 4 heteroatoms. The van der Waals surface area contributed by atoms with Crippen molar-refractivity contribution >= 4 is 24.0 Å². The maximum absolute atomic E-state index is 12.8. The van der Waals surface area contributed by atoms with Crippen LogP contribution in [0.5, 0.6) is 0 Å². The summed E-state index contributed by atoms with van der Waals surface area (Å²) in [5, 5.41) is 11.0. The van der Waals surface area contributed by atoms with Crippen molar-refractivity contribution in [1.82, 2.24) is 0 Å². The van der Waals surface area contributed by atoms with Gasteiger partial charge in [-0.2, -0.15) is 0 Å². The van der Waals surface area contributed by atoms with Crippen LogP contribution in [0.25, 0.3) is 0 Å². The fourth-order valence-electron chi connectivity index (χ4n) is 2.25. The van der Waals surface area contributed by atoms with E-state index in [1.807, 2.05) is 30.3 Å². The molecule has 0 amide bonds. The van der Waals surface area contributed by atoms with E-state index in [1.165, 1.54) is 0 Å². The molecule has 0 spiro atoms. The highest BCUT2D eigenvalue weighted by molar-refractivity contribution is 7.72. The molecule has 0 bridgehead atoms. The lowest BCUT2D eigenvalue weighted by atomic mass is 9.94. The van der Waals surface area contributed by atoms with Gasteiger partial charge in [-0.15, -0.1) is 11.6 Å². The van der Waals surface area contributed by atoms with Gasteiger partial charge in [0.2, 0.25) is 0 Å². The summed E-state index contributed by atoms with van der Waals surface area (Å²) in [6, 6.07) is 9.34. The van der Waals surface area contributed by atoms with Crippen LogP contribution in [-0.4, -0.2) is 27.9 Å². The van der Waals surface area contributed by atoms with Crippen molar-refractivity contribution in [2.75, 3.05) is 12.3 Å². The lowest BCUT2D eigenvalue weighted by Gasteiger charge is -2.29. The highest BCUT2D eigenvalue weighted by Crippen LogP contribution is 2.60. The zero-order chi connectivity index (χ0) is 12.0. The zero-order valence-corrected chi connectivity index (χ0v) is 11.1. The molecule has 1 heterocycles. The zero-order valence-electron chi connectivity index (χ0n) is 9.48. The molecule has 2 rings (SSSR count). The molecule has 1 aromatic carbocycles. The van der Waals surface area contributed by atoms with Crippen molar-refractivity contribution in [2.24, 2.45) is 0 Å². The molecule has 0 saturated carbocycles. The summed E-state index contributed by atoms with van der Waals surface area (Å²) in [5.74, 6) is 0. The summed E-state index contributed by atoms with van der Waals surface area (Å²) in [6.45, 7) is 3.43. The summed E-state index contributed by atoms with van der Waals surface area (Å²) >= 11 is 6.27. The van der Waals surface area contributed by atoms with Gasteiger partial charge in [0.1, 0.15) is 7.14 Å². The van der Waals surface area contributed by atoms with Crippen molar-refractivity contribution in [3.05, 3.63) is 30.3 Å². The van der Waals surface area contributed by atoms with E-state index in [0.29, 0.717) is 6.16 Å². The third kappa shape index (κ3) is 1.84. The molecule has 0 aromatic heterocycles.